The molecule has 1 heterocycles. The zero-order chi connectivity index (χ0) is 12.1. The fourth-order valence-corrected chi connectivity index (χ4v) is 1.62. The normalized spacial score (nSPS) is 12.4. The van der Waals surface area contributed by atoms with Crippen LogP contribution in [0.3, 0.4) is 0 Å². The van der Waals surface area contributed by atoms with Crippen LogP contribution in [0.5, 0.6) is 0 Å². The van der Waals surface area contributed by atoms with Crippen LogP contribution in [0, 0.1) is 5.92 Å². The van der Waals surface area contributed by atoms with Crippen LogP contribution in [-0.2, 0) is 4.79 Å². The predicted molar refractivity (Wildman–Crippen MR) is 58.3 cm³/mol. The molecule has 0 aromatic carbocycles. The van der Waals surface area contributed by atoms with E-state index >= 15 is 0 Å². The maximum absolute atomic E-state index is 11.5. The molecule has 0 saturated carbocycles. The standard InChI is InChI=1S/C9H13N3O3S/c1-5(2)3-6(9(14)15)10-8(13)7-4-16-12-11-7/h4-6H,3H2,1-2H3,(H,10,13)(H,14,15)/t6-/m0/s1. The monoisotopic (exact) mass is 243 g/mol. The Hall–Kier alpha value is -1.50. The molecular formula is C9H13N3O3S. The van der Waals surface area contributed by atoms with E-state index in [1.807, 2.05) is 13.8 Å². The fraction of sp³-hybridized carbons (Fsp3) is 0.556. The maximum Gasteiger partial charge on any atom is 0.326 e. The van der Waals surface area contributed by atoms with Gasteiger partial charge in [0.25, 0.3) is 5.91 Å². The minimum atomic E-state index is -1.04. The van der Waals surface area contributed by atoms with Crippen molar-refractivity contribution >= 4 is 23.4 Å². The van der Waals surface area contributed by atoms with Gasteiger partial charge in [-0.25, -0.2) is 4.79 Å². The molecule has 0 bridgehead atoms. The van der Waals surface area contributed by atoms with Crippen molar-refractivity contribution in [1.29, 1.82) is 0 Å². The molecule has 0 saturated heterocycles. The Bertz CT molecular complexity index is 364. The number of rotatable bonds is 5. The van der Waals surface area contributed by atoms with Crippen LogP contribution >= 0.6 is 11.5 Å². The van der Waals surface area contributed by atoms with Gasteiger partial charge in [-0.3, -0.25) is 4.79 Å². The van der Waals surface area contributed by atoms with Gasteiger partial charge < -0.3 is 10.4 Å². The fourth-order valence-electron chi connectivity index (χ4n) is 1.19. The number of amides is 1. The Labute approximate surface area is 96.8 Å². The third-order valence-electron chi connectivity index (χ3n) is 1.90. The van der Waals surface area contributed by atoms with Gasteiger partial charge in [-0.2, -0.15) is 0 Å². The number of nitrogens with zero attached hydrogens (tertiary/aromatic N) is 2. The molecule has 0 aliphatic carbocycles. The molecule has 16 heavy (non-hydrogen) atoms. The van der Waals surface area contributed by atoms with Crippen molar-refractivity contribution in [2.75, 3.05) is 0 Å². The van der Waals surface area contributed by atoms with Crippen LogP contribution < -0.4 is 5.32 Å². The Kier molecular flexibility index (Phi) is 4.36. The molecule has 0 fully saturated rings. The second-order valence-electron chi connectivity index (χ2n) is 3.78. The minimum absolute atomic E-state index is 0.153. The number of hydrogen-bond donors (Lipinski definition) is 2. The molecule has 1 aromatic rings. The molecule has 1 atom stereocenters. The second-order valence-corrected chi connectivity index (χ2v) is 4.39. The van der Waals surface area contributed by atoms with Gasteiger partial charge in [-0.15, -0.1) is 5.10 Å². The maximum atomic E-state index is 11.5. The Balaban J connectivity index is 2.62. The molecule has 0 radical (unpaired) electrons. The van der Waals surface area contributed by atoms with Gasteiger partial charge in [-0.05, 0) is 23.9 Å². The highest BCUT2D eigenvalue weighted by atomic mass is 32.1. The van der Waals surface area contributed by atoms with Crippen LogP contribution in [0.25, 0.3) is 0 Å². The summed E-state index contributed by atoms with van der Waals surface area (Å²) in [7, 11) is 0. The van der Waals surface area contributed by atoms with Gasteiger partial charge in [0.15, 0.2) is 5.69 Å². The van der Waals surface area contributed by atoms with Crippen molar-refractivity contribution in [2.45, 2.75) is 26.3 Å². The lowest BCUT2D eigenvalue weighted by Gasteiger charge is -2.15. The van der Waals surface area contributed by atoms with Crippen LogP contribution in [-0.4, -0.2) is 32.6 Å². The number of aliphatic carboxylic acids is 1. The SMILES string of the molecule is CC(C)C[C@H](NC(=O)c1csnn1)C(=O)O. The Morgan fingerprint density at radius 1 is 1.56 bits per heavy atom. The van der Waals surface area contributed by atoms with Crippen molar-refractivity contribution in [3.05, 3.63) is 11.1 Å². The van der Waals surface area contributed by atoms with Crippen LogP contribution in [0.2, 0.25) is 0 Å². The lowest BCUT2D eigenvalue weighted by molar-refractivity contribution is -0.139. The first-order valence-electron chi connectivity index (χ1n) is 4.81. The van der Waals surface area contributed by atoms with Gasteiger partial charge in [-0.1, -0.05) is 18.3 Å². The van der Waals surface area contributed by atoms with Crippen molar-refractivity contribution in [3.8, 4) is 0 Å². The van der Waals surface area contributed by atoms with E-state index in [1.54, 1.807) is 0 Å². The average molecular weight is 243 g/mol. The van der Waals surface area contributed by atoms with Gasteiger partial charge >= 0.3 is 5.97 Å². The molecule has 7 heteroatoms. The molecule has 1 rings (SSSR count). The number of carbonyl (C=O) groups excluding carboxylic acids is 1. The predicted octanol–water partition coefficient (Wildman–Crippen LogP) is 0.767. The summed E-state index contributed by atoms with van der Waals surface area (Å²) >= 11 is 1.05. The molecule has 0 aliphatic rings. The second kappa shape index (κ2) is 5.55. The smallest absolute Gasteiger partial charge is 0.326 e. The van der Waals surface area contributed by atoms with E-state index in [4.69, 9.17) is 5.11 Å². The average Bonchev–Trinajstić information content (AvgIpc) is 2.68. The molecule has 0 aliphatic heterocycles. The number of carbonyl (C=O) groups is 2. The largest absolute Gasteiger partial charge is 0.480 e. The minimum Gasteiger partial charge on any atom is -0.480 e. The first kappa shape index (κ1) is 12.6. The van der Waals surface area contributed by atoms with Crippen molar-refractivity contribution in [1.82, 2.24) is 14.9 Å². The summed E-state index contributed by atoms with van der Waals surface area (Å²) in [5.41, 5.74) is 0.153. The van der Waals surface area contributed by atoms with Crippen molar-refractivity contribution in [3.63, 3.8) is 0 Å². The third kappa shape index (κ3) is 3.58. The number of aromatic nitrogens is 2. The molecule has 0 spiro atoms. The van der Waals surface area contributed by atoms with Gasteiger partial charge in [0, 0.05) is 5.38 Å². The first-order chi connectivity index (χ1) is 7.50. The zero-order valence-corrected chi connectivity index (χ0v) is 9.82. The molecule has 1 amide bonds. The number of hydrogen-bond acceptors (Lipinski definition) is 5. The summed E-state index contributed by atoms with van der Waals surface area (Å²) in [6, 6.07) is -0.880. The molecule has 0 unspecified atom stereocenters. The number of nitrogens with one attached hydrogen (secondary N) is 1. The van der Waals surface area contributed by atoms with Crippen LogP contribution in [0.15, 0.2) is 5.38 Å². The summed E-state index contributed by atoms with van der Waals surface area (Å²) < 4.78 is 3.54. The first-order valence-corrected chi connectivity index (χ1v) is 5.65. The summed E-state index contributed by atoms with van der Waals surface area (Å²) in [6.07, 6.45) is 0.388. The Morgan fingerprint density at radius 2 is 2.25 bits per heavy atom. The summed E-state index contributed by atoms with van der Waals surface area (Å²) in [4.78, 5) is 22.4. The third-order valence-corrected chi connectivity index (χ3v) is 2.41. The molecule has 88 valence electrons. The van der Waals surface area contributed by atoms with Crippen molar-refractivity contribution < 1.29 is 14.7 Å². The lowest BCUT2D eigenvalue weighted by Crippen LogP contribution is -2.41. The van der Waals surface area contributed by atoms with E-state index in [1.165, 1.54) is 5.38 Å². The van der Waals surface area contributed by atoms with Gasteiger partial charge in [0.05, 0.1) is 0 Å². The summed E-state index contributed by atoms with van der Waals surface area (Å²) in [6.45, 7) is 3.79. The van der Waals surface area contributed by atoms with Gasteiger partial charge in [0.1, 0.15) is 6.04 Å². The van der Waals surface area contributed by atoms with E-state index in [-0.39, 0.29) is 11.6 Å². The molecule has 1 aromatic heterocycles. The highest BCUT2D eigenvalue weighted by molar-refractivity contribution is 7.03. The topological polar surface area (TPSA) is 92.2 Å². The van der Waals surface area contributed by atoms with Gasteiger partial charge in [0.2, 0.25) is 0 Å². The molecule has 6 nitrogen and oxygen atoms in total. The quantitative estimate of drug-likeness (QED) is 0.796. The van der Waals surface area contributed by atoms with Crippen LogP contribution in [0.1, 0.15) is 30.8 Å². The van der Waals surface area contributed by atoms with E-state index in [2.05, 4.69) is 14.9 Å². The van der Waals surface area contributed by atoms with E-state index in [0.29, 0.717) is 6.42 Å². The summed E-state index contributed by atoms with van der Waals surface area (Å²) in [5.74, 6) is -1.35. The number of carboxylic acids is 1. The summed E-state index contributed by atoms with van der Waals surface area (Å²) in [5, 5.41) is 16.4. The van der Waals surface area contributed by atoms with E-state index in [0.717, 1.165) is 11.5 Å². The van der Waals surface area contributed by atoms with Crippen LogP contribution in [0.4, 0.5) is 0 Å². The molecule has 2 N–H and O–H groups in total. The Morgan fingerprint density at radius 3 is 2.69 bits per heavy atom. The highest BCUT2D eigenvalue weighted by Gasteiger charge is 2.22. The zero-order valence-electron chi connectivity index (χ0n) is 9.01. The van der Waals surface area contributed by atoms with E-state index < -0.39 is 17.9 Å². The molecular weight excluding hydrogens is 230 g/mol. The van der Waals surface area contributed by atoms with Crippen molar-refractivity contribution in [2.24, 2.45) is 5.92 Å². The lowest BCUT2D eigenvalue weighted by atomic mass is 10.0. The highest BCUT2D eigenvalue weighted by Crippen LogP contribution is 2.06. The number of carboxylic acid groups (broad SMARTS) is 1. The van der Waals surface area contributed by atoms with E-state index in [9.17, 15) is 9.59 Å².